The number of benzene rings is 1. The summed E-state index contributed by atoms with van der Waals surface area (Å²) >= 11 is 0. The molecule has 0 aliphatic carbocycles. The van der Waals surface area contributed by atoms with Crippen molar-refractivity contribution >= 4 is 5.97 Å². The van der Waals surface area contributed by atoms with Gasteiger partial charge in [-0.15, -0.1) is 6.58 Å². The summed E-state index contributed by atoms with van der Waals surface area (Å²) in [6.07, 6.45) is 1.73. The predicted molar refractivity (Wildman–Crippen MR) is 72.4 cm³/mol. The zero-order valence-corrected chi connectivity index (χ0v) is 10.7. The first-order chi connectivity index (χ1) is 9.13. The smallest absolute Gasteiger partial charge is 0.317 e. The summed E-state index contributed by atoms with van der Waals surface area (Å²) in [5, 5.41) is 20.7. The molecule has 0 saturated carbocycles. The molecule has 0 fully saturated rings. The van der Waals surface area contributed by atoms with Crippen molar-refractivity contribution in [2.75, 3.05) is 19.7 Å². The van der Waals surface area contributed by atoms with Gasteiger partial charge in [-0.2, -0.15) is 0 Å². The Morgan fingerprint density at radius 2 is 2.21 bits per heavy atom. The van der Waals surface area contributed by atoms with Crippen molar-refractivity contribution in [1.82, 2.24) is 5.32 Å². The molecule has 104 valence electrons. The predicted octanol–water partition coefficient (Wildman–Crippen LogP) is 0.829. The third kappa shape index (κ3) is 6.03. The van der Waals surface area contributed by atoms with Crippen molar-refractivity contribution in [1.29, 1.82) is 0 Å². The Balaban J connectivity index is 2.39. The van der Waals surface area contributed by atoms with Crippen LogP contribution in [0.1, 0.15) is 5.56 Å². The van der Waals surface area contributed by atoms with Gasteiger partial charge in [0.1, 0.15) is 18.5 Å². The number of aliphatic hydroxyl groups excluding tert-OH is 1. The van der Waals surface area contributed by atoms with E-state index in [4.69, 9.17) is 9.84 Å². The van der Waals surface area contributed by atoms with E-state index in [1.165, 1.54) is 0 Å². The Morgan fingerprint density at radius 1 is 1.47 bits per heavy atom. The maximum absolute atomic E-state index is 10.3. The average molecular weight is 265 g/mol. The molecule has 0 bridgehead atoms. The van der Waals surface area contributed by atoms with Gasteiger partial charge in [-0.05, 0) is 18.1 Å². The lowest BCUT2D eigenvalue weighted by Crippen LogP contribution is -2.34. The highest BCUT2D eigenvalue weighted by molar-refractivity contribution is 5.68. The number of nitrogens with one attached hydrogen (secondary N) is 1. The molecule has 0 amide bonds. The van der Waals surface area contributed by atoms with Crippen molar-refractivity contribution in [3.05, 3.63) is 42.5 Å². The van der Waals surface area contributed by atoms with Crippen LogP contribution in [-0.2, 0) is 11.2 Å². The van der Waals surface area contributed by atoms with E-state index in [0.717, 1.165) is 5.56 Å². The topological polar surface area (TPSA) is 78.8 Å². The molecule has 1 aromatic rings. The fraction of sp³-hybridized carbons (Fsp3) is 0.357. The molecule has 5 heteroatoms. The van der Waals surface area contributed by atoms with Crippen molar-refractivity contribution < 1.29 is 19.7 Å². The summed E-state index contributed by atoms with van der Waals surface area (Å²) < 4.78 is 5.52. The second-order valence-corrected chi connectivity index (χ2v) is 4.09. The SMILES string of the molecule is C=CCc1ccccc1OCC(O)CNCC(=O)O. The molecule has 5 nitrogen and oxygen atoms in total. The van der Waals surface area contributed by atoms with Crippen molar-refractivity contribution in [3.63, 3.8) is 0 Å². The van der Waals surface area contributed by atoms with E-state index in [0.29, 0.717) is 12.2 Å². The quantitative estimate of drug-likeness (QED) is 0.576. The number of aliphatic carboxylic acids is 1. The maximum Gasteiger partial charge on any atom is 0.317 e. The number of allylic oxidation sites excluding steroid dienone is 1. The molecule has 1 rings (SSSR count). The van der Waals surface area contributed by atoms with Gasteiger partial charge in [0.15, 0.2) is 0 Å². The monoisotopic (exact) mass is 265 g/mol. The molecule has 0 spiro atoms. The van der Waals surface area contributed by atoms with Crippen LogP contribution in [0.15, 0.2) is 36.9 Å². The van der Waals surface area contributed by atoms with Crippen LogP contribution in [0, 0.1) is 0 Å². The van der Waals surface area contributed by atoms with Crippen LogP contribution >= 0.6 is 0 Å². The van der Waals surface area contributed by atoms with Gasteiger partial charge in [0, 0.05) is 6.54 Å². The third-order valence-corrected chi connectivity index (χ3v) is 2.42. The van der Waals surface area contributed by atoms with Crippen LogP contribution in [0.5, 0.6) is 5.75 Å². The highest BCUT2D eigenvalue weighted by Gasteiger charge is 2.08. The van der Waals surface area contributed by atoms with Crippen LogP contribution in [0.25, 0.3) is 0 Å². The summed E-state index contributed by atoms with van der Waals surface area (Å²) in [7, 11) is 0. The number of ether oxygens (including phenoxy) is 1. The zero-order valence-electron chi connectivity index (χ0n) is 10.7. The van der Waals surface area contributed by atoms with E-state index in [1.807, 2.05) is 24.3 Å². The molecule has 1 atom stereocenters. The van der Waals surface area contributed by atoms with Gasteiger partial charge in [-0.3, -0.25) is 4.79 Å². The van der Waals surface area contributed by atoms with E-state index in [9.17, 15) is 9.90 Å². The Bertz CT molecular complexity index is 420. The molecule has 0 radical (unpaired) electrons. The van der Waals surface area contributed by atoms with Crippen LogP contribution in [0.3, 0.4) is 0 Å². The minimum Gasteiger partial charge on any atom is -0.491 e. The number of carboxylic acids is 1. The lowest BCUT2D eigenvalue weighted by atomic mass is 10.1. The van der Waals surface area contributed by atoms with Gasteiger partial charge in [-0.25, -0.2) is 0 Å². The van der Waals surface area contributed by atoms with Gasteiger partial charge in [0.25, 0.3) is 0 Å². The number of rotatable bonds is 9. The fourth-order valence-corrected chi connectivity index (χ4v) is 1.56. The Morgan fingerprint density at radius 3 is 2.89 bits per heavy atom. The molecule has 0 aliphatic heterocycles. The first kappa shape index (κ1) is 15.2. The van der Waals surface area contributed by atoms with Gasteiger partial charge >= 0.3 is 5.97 Å². The summed E-state index contributed by atoms with van der Waals surface area (Å²) in [5.74, 6) is -0.246. The minimum atomic E-state index is -0.954. The standard InChI is InChI=1S/C14H19NO4/c1-2-5-11-6-3-4-7-13(11)19-10-12(16)8-15-9-14(17)18/h2-4,6-7,12,15-16H,1,5,8-10H2,(H,17,18). The van der Waals surface area contributed by atoms with Crippen molar-refractivity contribution in [2.45, 2.75) is 12.5 Å². The van der Waals surface area contributed by atoms with Crippen molar-refractivity contribution in [2.24, 2.45) is 0 Å². The lowest BCUT2D eigenvalue weighted by molar-refractivity contribution is -0.136. The first-order valence-corrected chi connectivity index (χ1v) is 6.05. The van der Waals surface area contributed by atoms with Gasteiger partial charge < -0.3 is 20.3 Å². The normalized spacial score (nSPS) is 11.8. The molecule has 1 aromatic carbocycles. The second-order valence-electron chi connectivity index (χ2n) is 4.09. The maximum atomic E-state index is 10.3. The number of aliphatic hydroxyl groups is 1. The molecule has 0 aliphatic rings. The molecule has 0 aromatic heterocycles. The number of carboxylic acid groups (broad SMARTS) is 1. The highest BCUT2D eigenvalue weighted by Crippen LogP contribution is 2.18. The molecular formula is C14H19NO4. The molecule has 19 heavy (non-hydrogen) atoms. The molecular weight excluding hydrogens is 246 g/mol. The third-order valence-electron chi connectivity index (χ3n) is 2.42. The lowest BCUT2D eigenvalue weighted by Gasteiger charge is -2.14. The van der Waals surface area contributed by atoms with Gasteiger partial charge in [0.05, 0.1) is 6.54 Å². The Kier molecular flexibility index (Phi) is 6.63. The number of hydrogen-bond donors (Lipinski definition) is 3. The van der Waals surface area contributed by atoms with E-state index < -0.39 is 12.1 Å². The van der Waals surface area contributed by atoms with Crippen LogP contribution in [-0.4, -0.2) is 42.0 Å². The molecule has 3 N–H and O–H groups in total. The fourth-order valence-electron chi connectivity index (χ4n) is 1.56. The molecule has 0 heterocycles. The van der Waals surface area contributed by atoms with E-state index in [-0.39, 0.29) is 19.7 Å². The van der Waals surface area contributed by atoms with Gasteiger partial charge in [-0.1, -0.05) is 24.3 Å². The highest BCUT2D eigenvalue weighted by atomic mass is 16.5. The van der Waals surface area contributed by atoms with E-state index >= 15 is 0 Å². The largest absolute Gasteiger partial charge is 0.491 e. The number of para-hydroxylation sites is 1. The van der Waals surface area contributed by atoms with Gasteiger partial charge in [0.2, 0.25) is 0 Å². The minimum absolute atomic E-state index is 0.112. The van der Waals surface area contributed by atoms with Crippen LogP contribution in [0.4, 0.5) is 0 Å². The summed E-state index contributed by atoms with van der Waals surface area (Å²) in [6.45, 7) is 3.79. The summed E-state index contributed by atoms with van der Waals surface area (Å²) in [6, 6.07) is 7.54. The number of hydrogen-bond acceptors (Lipinski definition) is 4. The van der Waals surface area contributed by atoms with E-state index in [2.05, 4.69) is 11.9 Å². The zero-order chi connectivity index (χ0) is 14.1. The van der Waals surface area contributed by atoms with Crippen LogP contribution in [0.2, 0.25) is 0 Å². The Hall–Kier alpha value is -1.85. The first-order valence-electron chi connectivity index (χ1n) is 6.05. The second kappa shape index (κ2) is 8.29. The van der Waals surface area contributed by atoms with Crippen molar-refractivity contribution in [3.8, 4) is 5.75 Å². The Labute approximate surface area is 112 Å². The molecule has 0 saturated heterocycles. The van der Waals surface area contributed by atoms with E-state index in [1.54, 1.807) is 6.08 Å². The average Bonchev–Trinajstić information content (AvgIpc) is 2.37. The summed E-state index contributed by atoms with van der Waals surface area (Å²) in [4.78, 5) is 10.3. The number of carbonyl (C=O) groups is 1. The summed E-state index contributed by atoms with van der Waals surface area (Å²) in [5.41, 5.74) is 1.00. The van der Waals surface area contributed by atoms with Crippen LogP contribution < -0.4 is 10.1 Å². The molecule has 1 unspecified atom stereocenters.